The van der Waals surface area contributed by atoms with Crippen molar-refractivity contribution in [2.45, 2.75) is 6.04 Å². The van der Waals surface area contributed by atoms with Gasteiger partial charge in [0, 0.05) is 5.56 Å². The van der Waals surface area contributed by atoms with Crippen molar-refractivity contribution in [1.82, 2.24) is 0 Å². The highest BCUT2D eigenvalue weighted by Gasteiger charge is 2.22. The summed E-state index contributed by atoms with van der Waals surface area (Å²) < 4.78 is 5.29. The number of rotatable bonds is 0. The molecule has 1 atom stereocenters. The van der Waals surface area contributed by atoms with E-state index in [2.05, 4.69) is 6.07 Å². The van der Waals surface area contributed by atoms with Crippen LogP contribution in [0.25, 0.3) is 0 Å². The largest absolute Gasteiger partial charge is 0.490 e. The van der Waals surface area contributed by atoms with E-state index in [1.807, 2.05) is 12.1 Å². The van der Waals surface area contributed by atoms with Crippen LogP contribution in [0, 0.1) is 11.3 Å². The predicted molar refractivity (Wildman–Crippen MR) is 43.6 cm³/mol. The topological polar surface area (TPSA) is 59.0 Å². The molecule has 0 bridgehead atoms. The first-order valence-electron chi connectivity index (χ1n) is 3.74. The van der Waals surface area contributed by atoms with Gasteiger partial charge in [-0.15, -0.1) is 0 Å². The molecule has 0 aromatic heterocycles. The Morgan fingerprint density at radius 3 is 3.17 bits per heavy atom. The summed E-state index contributed by atoms with van der Waals surface area (Å²) in [6, 6.07) is 7.45. The Bertz CT molecular complexity index is 354. The van der Waals surface area contributed by atoms with Crippen molar-refractivity contribution in [3.05, 3.63) is 29.3 Å². The van der Waals surface area contributed by atoms with E-state index < -0.39 is 0 Å². The van der Waals surface area contributed by atoms with Crippen molar-refractivity contribution < 1.29 is 4.74 Å². The highest BCUT2D eigenvalue weighted by atomic mass is 16.5. The Labute approximate surface area is 70.4 Å². The quantitative estimate of drug-likeness (QED) is 0.614. The minimum absolute atomic E-state index is 0.0756. The molecule has 1 heterocycles. The summed E-state index contributed by atoms with van der Waals surface area (Å²) in [7, 11) is 0. The Morgan fingerprint density at radius 2 is 2.42 bits per heavy atom. The monoisotopic (exact) mass is 160 g/mol. The summed E-state index contributed by atoms with van der Waals surface area (Å²) in [6.45, 7) is 0.480. The van der Waals surface area contributed by atoms with Crippen molar-refractivity contribution in [3.8, 4) is 11.8 Å². The normalized spacial score (nSPS) is 19.5. The van der Waals surface area contributed by atoms with Crippen molar-refractivity contribution in [2.75, 3.05) is 6.61 Å². The highest BCUT2D eigenvalue weighted by molar-refractivity contribution is 5.51. The minimum Gasteiger partial charge on any atom is -0.490 e. The number of benzene rings is 1. The maximum Gasteiger partial charge on any atom is 0.142 e. The number of hydrogen-bond acceptors (Lipinski definition) is 3. The van der Waals surface area contributed by atoms with Crippen LogP contribution in [0.5, 0.6) is 5.75 Å². The molecule has 3 heteroatoms. The van der Waals surface area contributed by atoms with E-state index in [0.717, 1.165) is 5.56 Å². The number of ether oxygens (including phenoxy) is 1. The Balaban J connectivity index is 2.60. The number of nitriles is 1. The van der Waals surface area contributed by atoms with Gasteiger partial charge in [-0.3, -0.25) is 0 Å². The third kappa shape index (κ3) is 0.858. The van der Waals surface area contributed by atoms with Crippen molar-refractivity contribution in [3.63, 3.8) is 0 Å². The van der Waals surface area contributed by atoms with E-state index in [0.29, 0.717) is 17.9 Å². The van der Waals surface area contributed by atoms with E-state index in [9.17, 15) is 0 Å². The first-order chi connectivity index (χ1) is 5.83. The molecule has 2 rings (SSSR count). The summed E-state index contributed by atoms with van der Waals surface area (Å²) in [5, 5.41) is 8.72. The van der Waals surface area contributed by atoms with Crippen LogP contribution >= 0.6 is 0 Å². The van der Waals surface area contributed by atoms with Gasteiger partial charge in [0.05, 0.1) is 11.6 Å². The Kier molecular flexibility index (Phi) is 1.49. The molecule has 2 N–H and O–H groups in total. The summed E-state index contributed by atoms with van der Waals surface area (Å²) in [5.41, 5.74) is 7.24. The molecule has 0 fully saturated rings. The van der Waals surface area contributed by atoms with Crippen LogP contribution in [0.2, 0.25) is 0 Å². The summed E-state index contributed by atoms with van der Waals surface area (Å²) in [6.07, 6.45) is 0. The van der Waals surface area contributed by atoms with Gasteiger partial charge in [-0.2, -0.15) is 5.26 Å². The second kappa shape index (κ2) is 2.50. The van der Waals surface area contributed by atoms with Gasteiger partial charge in [0.15, 0.2) is 0 Å². The Hall–Kier alpha value is -1.53. The van der Waals surface area contributed by atoms with Crippen LogP contribution in [0.15, 0.2) is 18.2 Å². The SMILES string of the molecule is N#Cc1cccc2c1OC[C@H]2N. The maximum absolute atomic E-state index is 8.72. The standard InChI is InChI=1S/C9H8N2O/c10-4-6-2-1-3-7-8(11)5-12-9(6)7/h1-3,8H,5,11H2/t8-/m1/s1. The summed E-state index contributed by atoms with van der Waals surface area (Å²) >= 11 is 0. The average Bonchev–Trinajstić information content (AvgIpc) is 2.48. The van der Waals surface area contributed by atoms with Gasteiger partial charge in [0.25, 0.3) is 0 Å². The van der Waals surface area contributed by atoms with Crippen molar-refractivity contribution in [1.29, 1.82) is 5.26 Å². The van der Waals surface area contributed by atoms with Crippen LogP contribution in [0.3, 0.4) is 0 Å². The molecule has 1 aliphatic heterocycles. The van der Waals surface area contributed by atoms with Gasteiger partial charge < -0.3 is 10.5 Å². The predicted octanol–water partition coefficient (Wildman–Crippen LogP) is 0.950. The molecule has 12 heavy (non-hydrogen) atoms. The summed E-state index contributed by atoms with van der Waals surface area (Å²) in [5.74, 6) is 0.660. The van der Waals surface area contributed by atoms with Gasteiger partial charge in [-0.05, 0) is 6.07 Å². The molecule has 0 saturated heterocycles. The third-order valence-electron chi connectivity index (χ3n) is 1.97. The number of para-hydroxylation sites is 1. The summed E-state index contributed by atoms with van der Waals surface area (Å²) in [4.78, 5) is 0. The fraction of sp³-hybridized carbons (Fsp3) is 0.222. The van der Waals surface area contributed by atoms with Crippen molar-refractivity contribution >= 4 is 0 Å². The van der Waals surface area contributed by atoms with Crippen LogP contribution in [0.1, 0.15) is 17.2 Å². The van der Waals surface area contributed by atoms with Gasteiger partial charge >= 0.3 is 0 Å². The zero-order chi connectivity index (χ0) is 8.55. The molecule has 0 saturated carbocycles. The second-order valence-corrected chi connectivity index (χ2v) is 2.75. The number of nitrogens with two attached hydrogens (primary N) is 1. The first kappa shape index (κ1) is 7.14. The van der Waals surface area contributed by atoms with E-state index in [-0.39, 0.29) is 6.04 Å². The van der Waals surface area contributed by atoms with E-state index >= 15 is 0 Å². The number of nitrogens with zero attached hydrogens (tertiary/aromatic N) is 1. The zero-order valence-corrected chi connectivity index (χ0v) is 6.45. The van der Waals surface area contributed by atoms with Crippen LogP contribution < -0.4 is 10.5 Å². The maximum atomic E-state index is 8.72. The zero-order valence-electron chi connectivity index (χ0n) is 6.45. The molecule has 1 aliphatic rings. The molecular weight excluding hydrogens is 152 g/mol. The number of fused-ring (bicyclic) bond motifs is 1. The number of hydrogen-bond donors (Lipinski definition) is 1. The lowest BCUT2D eigenvalue weighted by atomic mass is 10.1. The van der Waals surface area contributed by atoms with Crippen LogP contribution in [-0.4, -0.2) is 6.61 Å². The average molecular weight is 160 g/mol. The molecule has 0 unspecified atom stereocenters. The first-order valence-corrected chi connectivity index (χ1v) is 3.74. The van der Waals surface area contributed by atoms with Gasteiger partial charge in [-0.1, -0.05) is 12.1 Å². The lowest BCUT2D eigenvalue weighted by Crippen LogP contribution is -2.10. The minimum atomic E-state index is -0.0756. The van der Waals surface area contributed by atoms with Gasteiger partial charge in [0.1, 0.15) is 18.4 Å². The van der Waals surface area contributed by atoms with E-state index in [1.165, 1.54) is 0 Å². The van der Waals surface area contributed by atoms with Crippen LogP contribution in [-0.2, 0) is 0 Å². The molecule has 0 aliphatic carbocycles. The van der Waals surface area contributed by atoms with E-state index in [1.54, 1.807) is 6.07 Å². The highest BCUT2D eigenvalue weighted by Crippen LogP contribution is 2.33. The molecule has 0 amide bonds. The third-order valence-corrected chi connectivity index (χ3v) is 1.97. The van der Waals surface area contributed by atoms with Gasteiger partial charge in [-0.25, -0.2) is 0 Å². The van der Waals surface area contributed by atoms with Gasteiger partial charge in [0.2, 0.25) is 0 Å². The van der Waals surface area contributed by atoms with Crippen molar-refractivity contribution in [2.24, 2.45) is 5.73 Å². The lowest BCUT2D eigenvalue weighted by molar-refractivity contribution is 0.332. The molecule has 3 nitrogen and oxygen atoms in total. The molecular formula is C9H8N2O. The Morgan fingerprint density at radius 1 is 1.58 bits per heavy atom. The molecule has 0 radical (unpaired) electrons. The second-order valence-electron chi connectivity index (χ2n) is 2.75. The fourth-order valence-electron chi connectivity index (χ4n) is 1.36. The molecule has 60 valence electrons. The van der Waals surface area contributed by atoms with Crippen LogP contribution in [0.4, 0.5) is 0 Å². The lowest BCUT2D eigenvalue weighted by Gasteiger charge is -1.99. The molecule has 1 aromatic rings. The molecule has 1 aromatic carbocycles. The van der Waals surface area contributed by atoms with E-state index in [4.69, 9.17) is 15.7 Å². The molecule has 0 spiro atoms. The smallest absolute Gasteiger partial charge is 0.142 e. The fourth-order valence-corrected chi connectivity index (χ4v) is 1.36.